The van der Waals surface area contributed by atoms with Crippen LogP contribution in [0.4, 0.5) is 21.6 Å². The molecule has 0 saturated heterocycles. The molecular formula is C12H12FN3. The van der Waals surface area contributed by atoms with Crippen LogP contribution in [0.2, 0.25) is 0 Å². The molecule has 1 aromatic carbocycles. The van der Waals surface area contributed by atoms with Crippen LogP contribution < -0.4 is 11.1 Å². The van der Waals surface area contributed by atoms with Crippen LogP contribution in [0.3, 0.4) is 0 Å². The number of nitrogens with zero attached hydrogens (tertiary/aromatic N) is 1. The van der Waals surface area contributed by atoms with Gasteiger partial charge in [-0.05, 0) is 36.8 Å². The van der Waals surface area contributed by atoms with Crippen LogP contribution in [0.25, 0.3) is 0 Å². The summed E-state index contributed by atoms with van der Waals surface area (Å²) in [7, 11) is 0. The first-order chi connectivity index (χ1) is 7.63. The van der Waals surface area contributed by atoms with Crippen molar-refractivity contribution in [2.24, 2.45) is 0 Å². The predicted molar refractivity (Wildman–Crippen MR) is 63.1 cm³/mol. The topological polar surface area (TPSA) is 50.9 Å². The standard InChI is InChI=1S/C12H12FN3/c1-8-4-9(13)6-11(5-8)16-12-7-10(14)2-3-15-12/h2-7H,1H3,(H3,14,15,16). The predicted octanol–water partition coefficient (Wildman–Crippen LogP) is 2.85. The summed E-state index contributed by atoms with van der Waals surface area (Å²) in [5, 5.41) is 3.00. The Bertz CT molecular complexity index is 491. The van der Waals surface area contributed by atoms with Gasteiger partial charge in [-0.1, -0.05) is 0 Å². The first-order valence-corrected chi connectivity index (χ1v) is 4.89. The number of rotatable bonds is 2. The average molecular weight is 217 g/mol. The Hall–Kier alpha value is -2.10. The lowest BCUT2D eigenvalue weighted by Crippen LogP contribution is -1.96. The largest absolute Gasteiger partial charge is 0.399 e. The van der Waals surface area contributed by atoms with Crippen molar-refractivity contribution in [2.75, 3.05) is 11.1 Å². The molecule has 1 aromatic heterocycles. The average Bonchev–Trinajstić information content (AvgIpc) is 2.15. The van der Waals surface area contributed by atoms with Gasteiger partial charge in [0.25, 0.3) is 0 Å². The van der Waals surface area contributed by atoms with Crippen molar-refractivity contribution < 1.29 is 4.39 Å². The molecule has 3 nitrogen and oxygen atoms in total. The molecule has 0 radical (unpaired) electrons. The first kappa shape index (κ1) is 10.4. The fourth-order valence-corrected chi connectivity index (χ4v) is 1.47. The maximum atomic E-state index is 13.1. The lowest BCUT2D eigenvalue weighted by atomic mass is 10.2. The number of benzene rings is 1. The molecule has 0 fully saturated rings. The zero-order valence-electron chi connectivity index (χ0n) is 8.87. The van der Waals surface area contributed by atoms with Crippen LogP contribution in [0.15, 0.2) is 36.5 Å². The van der Waals surface area contributed by atoms with Gasteiger partial charge in [0.05, 0.1) is 0 Å². The van der Waals surface area contributed by atoms with Crippen molar-refractivity contribution in [2.45, 2.75) is 6.92 Å². The maximum absolute atomic E-state index is 13.1. The zero-order valence-corrected chi connectivity index (χ0v) is 8.87. The van der Waals surface area contributed by atoms with Gasteiger partial charge in [-0.2, -0.15) is 0 Å². The number of nitrogen functional groups attached to an aromatic ring is 1. The molecule has 4 heteroatoms. The molecule has 16 heavy (non-hydrogen) atoms. The SMILES string of the molecule is Cc1cc(F)cc(Nc2cc(N)ccn2)c1. The van der Waals surface area contributed by atoms with Crippen molar-refractivity contribution in [1.82, 2.24) is 4.98 Å². The minimum atomic E-state index is -0.272. The van der Waals surface area contributed by atoms with Crippen molar-refractivity contribution in [1.29, 1.82) is 0 Å². The van der Waals surface area contributed by atoms with Gasteiger partial charge in [-0.3, -0.25) is 0 Å². The second-order valence-corrected chi connectivity index (χ2v) is 3.62. The summed E-state index contributed by atoms with van der Waals surface area (Å²) in [5.74, 6) is 0.330. The van der Waals surface area contributed by atoms with Gasteiger partial charge in [0.15, 0.2) is 0 Å². The highest BCUT2D eigenvalue weighted by molar-refractivity contribution is 5.60. The Labute approximate surface area is 93.1 Å². The van der Waals surface area contributed by atoms with E-state index in [-0.39, 0.29) is 5.82 Å². The summed E-state index contributed by atoms with van der Waals surface area (Å²) in [6.07, 6.45) is 1.60. The number of aromatic nitrogens is 1. The third-order valence-corrected chi connectivity index (χ3v) is 2.10. The van der Waals surface area contributed by atoms with Gasteiger partial charge in [-0.15, -0.1) is 0 Å². The Kier molecular flexibility index (Phi) is 2.72. The Morgan fingerprint density at radius 2 is 2.06 bits per heavy atom. The third kappa shape index (κ3) is 2.48. The van der Waals surface area contributed by atoms with E-state index < -0.39 is 0 Å². The van der Waals surface area contributed by atoms with E-state index in [1.54, 1.807) is 18.3 Å². The van der Waals surface area contributed by atoms with Gasteiger partial charge in [0, 0.05) is 23.6 Å². The van der Waals surface area contributed by atoms with Gasteiger partial charge in [-0.25, -0.2) is 9.37 Å². The fourth-order valence-electron chi connectivity index (χ4n) is 1.47. The van der Waals surface area contributed by atoms with E-state index in [1.807, 2.05) is 13.0 Å². The van der Waals surface area contributed by atoms with Gasteiger partial charge >= 0.3 is 0 Å². The van der Waals surface area contributed by atoms with E-state index in [0.29, 0.717) is 17.2 Å². The smallest absolute Gasteiger partial charge is 0.132 e. The van der Waals surface area contributed by atoms with E-state index in [0.717, 1.165) is 5.56 Å². The van der Waals surface area contributed by atoms with Gasteiger partial charge in [0.2, 0.25) is 0 Å². The minimum Gasteiger partial charge on any atom is -0.399 e. The van der Waals surface area contributed by atoms with E-state index in [1.165, 1.54) is 12.1 Å². The van der Waals surface area contributed by atoms with E-state index in [4.69, 9.17) is 5.73 Å². The first-order valence-electron chi connectivity index (χ1n) is 4.89. The van der Waals surface area contributed by atoms with E-state index in [2.05, 4.69) is 10.3 Å². The number of halogens is 1. The molecule has 0 aliphatic carbocycles. The van der Waals surface area contributed by atoms with Crippen LogP contribution in [-0.4, -0.2) is 4.98 Å². The Balaban J connectivity index is 2.27. The summed E-state index contributed by atoms with van der Waals surface area (Å²) in [6.45, 7) is 1.83. The monoisotopic (exact) mass is 217 g/mol. The number of nitrogens with two attached hydrogens (primary N) is 1. The van der Waals surface area contributed by atoms with Gasteiger partial charge < -0.3 is 11.1 Å². The number of aryl methyl sites for hydroxylation is 1. The highest BCUT2D eigenvalue weighted by atomic mass is 19.1. The molecule has 0 spiro atoms. The molecule has 0 aliphatic heterocycles. The highest BCUT2D eigenvalue weighted by Gasteiger charge is 1.99. The summed E-state index contributed by atoms with van der Waals surface area (Å²) >= 11 is 0. The number of pyridine rings is 1. The third-order valence-electron chi connectivity index (χ3n) is 2.10. The van der Waals surface area contributed by atoms with Crippen molar-refractivity contribution in [3.63, 3.8) is 0 Å². The molecule has 3 N–H and O–H groups in total. The Morgan fingerprint density at radius 3 is 2.75 bits per heavy atom. The lowest BCUT2D eigenvalue weighted by molar-refractivity contribution is 0.627. The Morgan fingerprint density at radius 1 is 1.25 bits per heavy atom. The van der Waals surface area contributed by atoms with Crippen molar-refractivity contribution >= 4 is 17.2 Å². The number of hydrogen-bond acceptors (Lipinski definition) is 3. The van der Waals surface area contributed by atoms with Crippen LogP contribution in [0.1, 0.15) is 5.56 Å². The molecule has 0 atom stereocenters. The molecule has 82 valence electrons. The summed E-state index contributed by atoms with van der Waals surface area (Å²) in [6, 6.07) is 8.12. The molecule has 0 unspecified atom stereocenters. The molecule has 2 aromatic rings. The number of nitrogens with one attached hydrogen (secondary N) is 1. The van der Waals surface area contributed by atoms with Crippen LogP contribution in [0.5, 0.6) is 0 Å². The highest BCUT2D eigenvalue weighted by Crippen LogP contribution is 2.18. The lowest BCUT2D eigenvalue weighted by Gasteiger charge is -2.07. The van der Waals surface area contributed by atoms with Crippen LogP contribution in [-0.2, 0) is 0 Å². The summed E-state index contributed by atoms with van der Waals surface area (Å²) in [4.78, 5) is 4.08. The number of hydrogen-bond donors (Lipinski definition) is 2. The quantitative estimate of drug-likeness (QED) is 0.813. The summed E-state index contributed by atoms with van der Waals surface area (Å²) in [5.41, 5.74) is 7.75. The normalized spacial score (nSPS) is 10.1. The number of anilines is 3. The summed E-state index contributed by atoms with van der Waals surface area (Å²) < 4.78 is 13.1. The van der Waals surface area contributed by atoms with Crippen LogP contribution >= 0.6 is 0 Å². The molecular weight excluding hydrogens is 205 g/mol. The van der Waals surface area contributed by atoms with Crippen molar-refractivity contribution in [3.05, 3.63) is 47.9 Å². The molecule has 0 bridgehead atoms. The minimum absolute atomic E-state index is 0.272. The second kappa shape index (κ2) is 4.18. The zero-order chi connectivity index (χ0) is 11.5. The molecule has 0 amide bonds. The molecule has 1 heterocycles. The second-order valence-electron chi connectivity index (χ2n) is 3.62. The molecule has 0 saturated carbocycles. The van der Waals surface area contributed by atoms with E-state index >= 15 is 0 Å². The molecule has 0 aliphatic rings. The molecule has 2 rings (SSSR count). The van der Waals surface area contributed by atoms with E-state index in [9.17, 15) is 4.39 Å². The van der Waals surface area contributed by atoms with Gasteiger partial charge in [0.1, 0.15) is 11.6 Å². The maximum Gasteiger partial charge on any atom is 0.132 e. The van der Waals surface area contributed by atoms with Crippen LogP contribution in [0, 0.1) is 12.7 Å². The fraction of sp³-hybridized carbons (Fsp3) is 0.0833. The van der Waals surface area contributed by atoms with Crippen molar-refractivity contribution in [3.8, 4) is 0 Å².